The van der Waals surface area contributed by atoms with Gasteiger partial charge in [-0.2, -0.15) is 0 Å². The van der Waals surface area contributed by atoms with Crippen molar-refractivity contribution in [2.24, 2.45) is 0 Å². The van der Waals surface area contributed by atoms with Gasteiger partial charge in [-0.25, -0.2) is 0 Å². The monoisotopic (exact) mass is 345 g/mol. The van der Waals surface area contributed by atoms with Crippen LogP contribution in [0.15, 0.2) is 30.3 Å². The highest BCUT2D eigenvalue weighted by Crippen LogP contribution is 2.15. The molecule has 0 saturated carbocycles. The maximum Gasteiger partial charge on any atom is 0.269 e. The van der Waals surface area contributed by atoms with Gasteiger partial charge in [0, 0.05) is 57.5 Å². The van der Waals surface area contributed by atoms with Gasteiger partial charge in [0.2, 0.25) is 5.91 Å². The molecule has 2 fully saturated rings. The summed E-state index contributed by atoms with van der Waals surface area (Å²) in [6.45, 7) is 5.01. The van der Waals surface area contributed by atoms with E-state index in [4.69, 9.17) is 4.74 Å². The quantitative estimate of drug-likeness (QED) is 0.463. The molecule has 0 aromatic heterocycles. The summed E-state index contributed by atoms with van der Waals surface area (Å²) >= 11 is 0. The van der Waals surface area contributed by atoms with Gasteiger partial charge in [-0.15, -0.1) is 0 Å². The number of piperazine rings is 1. The molecule has 1 aromatic rings. The molecule has 1 aromatic carbocycles. The van der Waals surface area contributed by atoms with E-state index in [-0.39, 0.29) is 11.6 Å². The van der Waals surface area contributed by atoms with Crippen molar-refractivity contribution in [3.8, 4) is 0 Å². The van der Waals surface area contributed by atoms with Crippen molar-refractivity contribution in [3.63, 3.8) is 0 Å². The van der Waals surface area contributed by atoms with Gasteiger partial charge in [-0.05, 0) is 36.6 Å². The highest BCUT2D eigenvalue weighted by molar-refractivity contribution is 5.91. The van der Waals surface area contributed by atoms with E-state index < -0.39 is 4.92 Å². The van der Waals surface area contributed by atoms with Gasteiger partial charge in [0.1, 0.15) is 0 Å². The Labute approximate surface area is 147 Å². The van der Waals surface area contributed by atoms with Crippen LogP contribution in [0.2, 0.25) is 0 Å². The number of nitro groups is 1. The normalized spacial score (nSPS) is 21.8. The zero-order chi connectivity index (χ0) is 17.6. The average molecular weight is 345 g/mol. The van der Waals surface area contributed by atoms with E-state index in [0.717, 1.165) is 57.7 Å². The minimum atomic E-state index is -0.436. The zero-order valence-corrected chi connectivity index (χ0v) is 14.2. The predicted octanol–water partition coefficient (Wildman–Crippen LogP) is 1.93. The SMILES string of the molecule is O=C(C=Cc1ccc([N+](=O)[O-])cc1)N1CCN(CC2CCCO2)CC1. The summed E-state index contributed by atoms with van der Waals surface area (Å²) in [5.74, 6) is -0.0184. The first-order chi connectivity index (χ1) is 12.1. The lowest BCUT2D eigenvalue weighted by Crippen LogP contribution is -2.50. The number of hydrogen-bond donors (Lipinski definition) is 0. The molecule has 1 unspecified atom stereocenters. The molecule has 7 heteroatoms. The first-order valence-electron chi connectivity index (χ1n) is 8.67. The summed E-state index contributed by atoms with van der Waals surface area (Å²) < 4.78 is 5.67. The molecule has 1 atom stereocenters. The second-order valence-electron chi connectivity index (χ2n) is 6.44. The fraction of sp³-hybridized carbons (Fsp3) is 0.500. The van der Waals surface area contributed by atoms with Gasteiger partial charge < -0.3 is 9.64 Å². The molecule has 2 aliphatic heterocycles. The molecule has 0 radical (unpaired) electrons. The number of amides is 1. The van der Waals surface area contributed by atoms with E-state index in [2.05, 4.69) is 4.90 Å². The number of non-ortho nitro benzene ring substituents is 1. The molecule has 3 rings (SSSR count). The summed E-state index contributed by atoms with van der Waals surface area (Å²) in [7, 11) is 0. The molecule has 0 N–H and O–H groups in total. The number of carbonyl (C=O) groups excluding carboxylic acids is 1. The van der Waals surface area contributed by atoms with E-state index in [1.165, 1.54) is 18.2 Å². The Hall–Kier alpha value is -2.25. The van der Waals surface area contributed by atoms with E-state index >= 15 is 0 Å². The molecule has 134 valence electrons. The number of ether oxygens (including phenoxy) is 1. The van der Waals surface area contributed by atoms with Crippen molar-refractivity contribution in [1.82, 2.24) is 9.80 Å². The summed E-state index contributed by atoms with van der Waals surface area (Å²) in [6.07, 6.45) is 5.87. The Kier molecular flexibility index (Phi) is 5.78. The first kappa shape index (κ1) is 17.6. The van der Waals surface area contributed by atoms with Crippen molar-refractivity contribution in [1.29, 1.82) is 0 Å². The Morgan fingerprint density at radius 2 is 1.96 bits per heavy atom. The highest BCUT2D eigenvalue weighted by atomic mass is 16.6. The molecule has 2 saturated heterocycles. The minimum absolute atomic E-state index is 0.0184. The van der Waals surface area contributed by atoms with Crippen LogP contribution >= 0.6 is 0 Å². The van der Waals surface area contributed by atoms with Crippen molar-refractivity contribution in [3.05, 3.63) is 46.0 Å². The van der Waals surface area contributed by atoms with Crippen LogP contribution in [0, 0.1) is 10.1 Å². The lowest BCUT2D eigenvalue weighted by Gasteiger charge is -2.35. The van der Waals surface area contributed by atoms with Crippen molar-refractivity contribution in [2.75, 3.05) is 39.3 Å². The van der Waals surface area contributed by atoms with Crippen LogP contribution in [0.1, 0.15) is 18.4 Å². The van der Waals surface area contributed by atoms with Gasteiger partial charge in [-0.3, -0.25) is 19.8 Å². The average Bonchev–Trinajstić information content (AvgIpc) is 3.13. The van der Waals surface area contributed by atoms with Gasteiger partial charge in [-0.1, -0.05) is 0 Å². The number of benzene rings is 1. The van der Waals surface area contributed by atoms with Crippen LogP contribution in [-0.2, 0) is 9.53 Å². The number of carbonyl (C=O) groups is 1. The van der Waals surface area contributed by atoms with E-state index in [9.17, 15) is 14.9 Å². The third kappa shape index (κ3) is 4.87. The summed E-state index contributed by atoms with van der Waals surface area (Å²) in [5, 5.41) is 10.6. The second kappa shape index (κ2) is 8.22. The fourth-order valence-electron chi connectivity index (χ4n) is 3.21. The number of nitrogens with zero attached hydrogens (tertiary/aromatic N) is 3. The molecule has 2 aliphatic rings. The van der Waals surface area contributed by atoms with Gasteiger partial charge in [0.05, 0.1) is 11.0 Å². The Balaban J connectivity index is 1.46. The molecule has 2 heterocycles. The standard InChI is InChI=1S/C18H23N3O4/c22-18(8-5-15-3-6-16(7-4-15)21(23)24)20-11-9-19(10-12-20)14-17-2-1-13-25-17/h3-8,17H,1-2,9-14H2. The van der Waals surface area contributed by atoms with Crippen molar-refractivity contribution >= 4 is 17.7 Å². The molecule has 1 amide bonds. The topological polar surface area (TPSA) is 75.9 Å². The minimum Gasteiger partial charge on any atom is -0.377 e. The molecule has 0 aliphatic carbocycles. The Morgan fingerprint density at radius 1 is 1.24 bits per heavy atom. The van der Waals surface area contributed by atoms with Crippen LogP contribution in [-0.4, -0.2) is 66.1 Å². The lowest BCUT2D eigenvalue weighted by atomic mass is 10.2. The maximum atomic E-state index is 12.3. The molecule has 25 heavy (non-hydrogen) atoms. The number of nitro benzene ring substituents is 1. The first-order valence-corrected chi connectivity index (χ1v) is 8.67. The molecular formula is C18H23N3O4. The lowest BCUT2D eigenvalue weighted by molar-refractivity contribution is -0.384. The van der Waals surface area contributed by atoms with Crippen LogP contribution in [0.25, 0.3) is 6.08 Å². The summed E-state index contributed by atoms with van der Waals surface area (Å²) in [4.78, 5) is 26.7. The van der Waals surface area contributed by atoms with Gasteiger partial charge in [0.15, 0.2) is 0 Å². The molecule has 0 bridgehead atoms. The number of hydrogen-bond acceptors (Lipinski definition) is 5. The van der Waals surface area contributed by atoms with Crippen LogP contribution < -0.4 is 0 Å². The van der Waals surface area contributed by atoms with E-state index in [1.54, 1.807) is 18.2 Å². The van der Waals surface area contributed by atoms with Crippen LogP contribution in [0.3, 0.4) is 0 Å². The third-order valence-corrected chi connectivity index (χ3v) is 4.69. The van der Waals surface area contributed by atoms with Gasteiger partial charge in [0.25, 0.3) is 5.69 Å². The van der Waals surface area contributed by atoms with Crippen LogP contribution in [0.5, 0.6) is 0 Å². The van der Waals surface area contributed by atoms with E-state index in [0.29, 0.717) is 6.10 Å². The largest absolute Gasteiger partial charge is 0.377 e. The predicted molar refractivity (Wildman–Crippen MR) is 94.1 cm³/mol. The maximum absolute atomic E-state index is 12.3. The number of rotatable bonds is 5. The third-order valence-electron chi connectivity index (χ3n) is 4.69. The second-order valence-corrected chi connectivity index (χ2v) is 6.44. The molecular weight excluding hydrogens is 322 g/mol. The van der Waals surface area contributed by atoms with Crippen LogP contribution in [0.4, 0.5) is 5.69 Å². The highest BCUT2D eigenvalue weighted by Gasteiger charge is 2.24. The van der Waals surface area contributed by atoms with E-state index in [1.807, 2.05) is 4.90 Å². The summed E-state index contributed by atoms with van der Waals surface area (Å²) in [5.41, 5.74) is 0.821. The molecule has 7 nitrogen and oxygen atoms in total. The molecule has 0 spiro atoms. The zero-order valence-electron chi connectivity index (χ0n) is 14.2. The fourth-order valence-corrected chi connectivity index (χ4v) is 3.21. The van der Waals surface area contributed by atoms with Crippen molar-refractivity contribution < 1.29 is 14.5 Å². The Morgan fingerprint density at radius 3 is 2.56 bits per heavy atom. The smallest absolute Gasteiger partial charge is 0.269 e. The Bertz CT molecular complexity index is 630. The van der Waals surface area contributed by atoms with Gasteiger partial charge >= 0.3 is 0 Å². The summed E-state index contributed by atoms with van der Waals surface area (Å²) in [6, 6.07) is 6.16. The van der Waals surface area contributed by atoms with Crippen molar-refractivity contribution in [2.45, 2.75) is 18.9 Å².